The number of halogens is 3. The molecule has 2 rings (SSSR count). The Bertz CT molecular complexity index is 431. The van der Waals surface area contributed by atoms with Gasteiger partial charge in [0.15, 0.2) is 0 Å². The van der Waals surface area contributed by atoms with Crippen LogP contribution in [0, 0.1) is 18.8 Å². The molecule has 0 saturated heterocycles. The minimum atomic E-state index is -4.15. The Morgan fingerprint density at radius 2 is 1.95 bits per heavy atom. The molecule has 5 heteroatoms. The second kappa shape index (κ2) is 5.49. The zero-order chi connectivity index (χ0) is 14.0. The van der Waals surface area contributed by atoms with Crippen LogP contribution in [0.5, 0.6) is 0 Å². The molecule has 1 saturated carbocycles. The molecule has 1 aromatic heterocycles. The van der Waals surface area contributed by atoms with Crippen LogP contribution < -0.4 is 5.73 Å². The van der Waals surface area contributed by atoms with Crippen molar-refractivity contribution in [1.82, 2.24) is 4.98 Å². The Morgan fingerprint density at radius 1 is 1.26 bits per heavy atom. The van der Waals surface area contributed by atoms with Gasteiger partial charge in [-0.05, 0) is 36.8 Å². The Kier molecular flexibility index (Phi) is 4.13. The van der Waals surface area contributed by atoms with E-state index >= 15 is 0 Å². The third-order valence-corrected chi connectivity index (χ3v) is 3.98. The summed E-state index contributed by atoms with van der Waals surface area (Å²) in [6, 6.07) is 1.25. The molecule has 2 N–H and O–H groups in total. The number of aryl methyl sites for hydroxylation is 1. The molecule has 106 valence electrons. The normalized spacial score (nSPS) is 26.2. The van der Waals surface area contributed by atoms with Gasteiger partial charge >= 0.3 is 6.18 Å². The summed E-state index contributed by atoms with van der Waals surface area (Å²) in [4.78, 5) is 4.03. The summed E-state index contributed by atoms with van der Waals surface area (Å²) in [5.74, 6) is -1.81. The summed E-state index contributed by atoms with van der Waals surface area (Å²) in [5.41, 5.74) is 7.72. The highest BCUT2D eigenvalue weighted by Crippen LogP contribution is 2.45. The molecular weight excluding hydrogens is 253 g/mol. The van der Waals surface area contributed by atoms with E-state index in [1.54, 1.807) is 12.4 Å². The summed E-state index contributed by atoms with van der Waals surface area (Å²) >= 11 is 0. The predicted octanol–water partition coefficient (Wildman–Crippen LogP) is 3.76. The van der Waals surface area contributed by atoms with Crippen LogP contribution in [0.4, 0.5) is 13.2 Å². The first-order chi connectivity index (χ1) is 8.89. The zero-order valence-corrected chi connectivity index (χ0v) is 11.0. The summed E-state index contributed by atoms with van der Waals surface area (Å²) in [6.07, 6.45) is 1.31. The van der Waals surface area contributed by atoms with Crippen LogP contribution in [-0.4, -0.2) is 11.2 Å². The van der Waals surface area contributed by atoms with Gasteiger partial charge in [-0.2, -0.15) is 13.2 Å². The van der Waals surface area contributed by atoms with E-state index in [-0.39, 0.29) is 6.42 Å². The second-order valence-electron chi connectivity index (χ2n) is 5.42. The fourth-order valence-corrected chi connectivity index (χ4v) is 3.00. The van der Waals surface area contributed by atoms with E-state index in [9.17, 15) is 13.2 Å². The van der Waals surface area contributed by atoms with Crippen molar-refractivity contribution >= 4 is 0 Å². The maximum atomic E-state index is 13.1. The summed E-state index contributed by atoms with van der Waals surface area (Å²) in [6.45, 7) is 1.87. The number of alkyl halides is 3. The number of aromatic nitrogens is 1. The van der Waals surface area contributed by atoms with Crippen LogP contribution in [0.1, 0.15) is 42.9 Å². The fraction of sp³-hybridized carbons (Fsp3) is 0.643. The Hall–Kier alpha value is -1.10. The molecule has 3 atom stereocenters. The monoisotopic (exact) mass is 272 g/mol. The predicted molar refractivity (Wildman–Crippen MR) is 67.4 cm³/mol. The topological polar surface area (TPSA) is 38.9 Å². The highest BCUT2D eigenvalue weighted by molar-refractivity contribution is 5.21. The SMILES string of the molecule is Cc1cncc(C(N)C2CCCCC2C(F)(F)F)c1. The van der Waals surface area contributed by atoms with Crippen LogP contribution in [0.25, 0.3) is 0 Å². The van der Waals surface area contributed by atoms with Gasteiger partial charge in [0.2, 0.25) is 0 Å². The molecule has 1 fully saturated rings. The minimum Gasteiger partial charge on any atom is -0.324 e. The van der Waals surface area contributed by atoms with Gasteiger partial charge in [0, 0.05) is 18.4 Å². The van der Waals surface area contributed by atoms with Gasteiger partial charge in [-0.1, -0.05) is 18.9 Å². The van der Waals surface area contributed by atoms with Gasteiger partial charge in [0.1, 0.15) is 0 Å². The van der Waals surface area contributed by atoms with Crippen LogP contribution in [0.2, 0.25) is 0 Å². The lowest BCUT2D eigenvalue weighted by Crippen LogP contribution is -2.38. The third-order valence-electron chi connectivity index (χ3n) is 3.98. The van der Waals surface area contributed by atoms with Gasteiger partial charge < -0.3 is 5.73 Å². The molecule has 0 aromatic carbocycles. The van der Waals surface area contributed by atoms with Gasteiger partial charge in [-0.3, -0.25) is 4.98 Å². The van der Waals surface area contributed by atoms with E-state index < -0.39 is 24.1 Å². The van der Waals surface area contributed by atoms with Crippen molar-refractivity contribution in [3.8, 4) is 0 Å². The number of nitrogens with two attached hydrogens (primary N) is 1. The number of hydrogen-bond donors (Lipinski definition) is 1. The van der Waals surface area contributed by atoms with E-state index in [1.165, 1.54) is 0 Å². The van der Waals surface area contributed by atoms with Gasteiger partial charge in [-0.25, -0.2) is 0 Å². The van der Waals surface area contributed by atoms with Crippen molar-refractivity contribution in [3.63, 3.8) is 0 Å². The van der Waals surface area contributed by atoms with Crippen LogP contribution in [-0.2, 0) is 0 Å². The lowest BCUT2D eigenvalue weighted by Gasteiger charge is -2.36. The smallest absolute Gasteiger partial charge is 0.324 e. The highest BCUT2D eigenvalue weighted by Gasteiger charge is 2.47. The molecule has 0 amide bonds. The van der Waals surface area contributed by atoms with E-state index in [4.69, 9.17) is 5.73 Å². The van der Waals surface area contributed by atoms with Gasteiger partial charge in [0.05, 0.1) is 5.92 Å². The molecule has 19 heavy (non-hydrogen) atoms. The van der Waals surface area contributed by atoms with E-state index in [2.05, 4.69) is 4.98 Å². The largest absolute Gasteiger partial charge is 0.392 e. The Labute approximate surface area is 111 Å². The summed E-state index contributed by atoms with van der Waals surface area (Å²) < 4.78 is 39.2. The summed E-state index contributed by atoms with van der Waals surface area (Å²) in [7, 11) is 0. The van der Waals surface area contributed by atoms with Gasteiger partial charge in [0.25, 0.3) is 0 Å². The second-order valence-corrected chi connectivity index (χ2v) is 5.42. The van der Waals surface area contributed by atoms with Gasteiger partial charge in [-0.15, -0.1) is 0 Å². The lowest BCUT2D eigenvalue weighted by molar-refractivity contribution is -0.198. The quantitative estimate of drug-likeness (QED) is 0.890. The molecule has 0 spiro atoms. The fourth-order valence-electron chi connectivity index (χ4n) is 3.00. The molecule has 1 aromatic rings. The Morgan fingerprint density at radius 3 is 2.58 bits per heavy atom. The van der Waals surface area contributed by atoms with Crippen LogP contribution in [0.15, 0.2) is 18.5 Å². The Balaban J connectivity index is 2.22. The molecule has 3 unspecified atom stereocenters. The number of nitrogens with zero attached hydrogens (tertiary/aromatic N) is 1. The standard InChI is InChI=1S/C14H19F3N2/c1-9-6-10(8-19-7-9)13(18)11-4-2-3-5-12(11)14(15,16)17/h6-8,11-13H,2-5,18H2,1H3. The van der Waals surface area contributed by atoms with Crippen LogP contribution in [0.3, 0.4) is 0 Å². The maximum absolute atomic E-state index is 13.1. The average Bonchev–Trinajstić information content (AvgIpc) is 2.37. The van der Waals surface area contributed by atoms with Crippen molar-refractivity contribution in [2.45, 2.75) is 44.8 Å². The number of rotatable bonds is 2. The lowest BCUT2D eigenvalue weighted by atomic mass is 9.73. The van der Waals surface area contributed by atoms with Crippen molar-refractivity contribution < 1.29 is 13.2 Å². The van der Waals surface area contributed by atoms with E-state index in [1.807, 2.05) is 13.0 Å². The van der Waals surface area contributed by atoms with Crippen LogP contribution >= 0.6 is 0 Å². The molecule has 0 bridgehead atoms. The van der Waals surface area contributed by atoms with Crippen molar-refractivity contribution in [3.05, 3.63) is 29.6 Å². The minimum absolute atomic E-state index is 0.196. The number of hydrogen-bond acceptors (Lipinski definition) is 2. The van der Waals surface area contributed by atoms with Crippen molar-refractivity contribution in [2.75, 3.05) is 0 Å². The van der Waals surface area contributed by atoms with E-state index in [0.717, 1.165) is 12.0 Å². The molecule has 2 nitrogen and oxygen atoms in total. The molecule has 1 heterocycles. The molecule has 0 radical (unpaired) electrons. The van der Waals surface area contributed by atoms with Crippen molar-refractivity contribution in [2.24, 2.45) is 17.6 Å². The molecule has 1 aliphatic rings. The average molecular weight is 272 g/mol. The summed E-state index contributed by atoms with van der Waals surface area (Å²) in [5, 5.41) is 0. The first-order valence-corrected chi connectivity index (χ1v) is 6.63. The van der Waals surface area contributed by atoms with E-state index in [0.29, 0.717) is 18.4 Å². The highest BCUT2D eigenvalue weighted by atomic mass is 19.4. The molecular formula is C14H19F3N2. The third kappa shape index (κ3) is 3.26. The first-order valence-electron chi connectivity index (χ1n) is 6.63. The first kappa shape index (κ1) is 14.3. The molecule has 0 aliphatic heterocycles. The number of pyridine rings is 1. The maximum Gasteiger partial charge on any atom is 0.392 e. The molecule has 1 aliphatic carbocycles. The van der Waals surface area contributed by atoms with Crippen molar-refractivity contribution in [1.29, 1.82) is 0 Å². The zero-order valence-electron chi connectivity index (χ0n) is 11.0.